The zero-order valence-corrected chi connectivity index (χ0v) is 12.4. The summed E-state index contributed by atoms with van der Waals surface area (Å²) in [5.41, 5.74) is 0.776. The van der Waals surface area contributed by atoms with Crippen molar-refractivity contribution in [1.82, 2.24) is 10.3 Å². The molecule has 0 fully saturated rings. The van der Waals surface area contributed by atoms with Crippen molar-refractivity contribution in [3.8, 4) is 0 Å². The van der Waals surface area contributed by atoms with E-state index in [0.717, 1.165) is 23.3 Å². The Labute approximate surface area is 126 Å². The number of H-pyrrole nitrogens is 1. The summed E-state index contributed by atoms with van der Waals surface area (Å²) in [4.78, 5) is 26.5. The number of rotatable bonds is 7. The van der Waals surface area contributed by atoms with Crippen LogP contribution in [-0.4, -0.2) is 40.7 Å². The minimum atomic E-state index is -0.281. The number of hydrogen-bond donors (Lipinski definition) is 3. The second-order valence-corrected chi connectivity index (χ2v) is 5.76. The highest BCUT2D eigenvalue weighted by Crippen LogP contribution is 2.14. The quantitative estimate of drug-likeness (QED) is 0.675. The predicted octanol–water partition coefficient (Wildman–Crippen LogP) is 1.37. The molecular weight excluding hydrogens is 288 g/mol. The number of nitrogens with one attached hydrogen (secondary N) is 2. The Bertz CT molecular complexity index is 669. The van der Waals surface area contributed by atoms with Crippen LogP contribution in [0.4, 0.5) is 0 Å². The molecule has 2 rings (SSSR count). The van der Waals surface area contributed by atoms with Crippen LogP contribution in [0.3, 0.4) is 0 Å². The van der Waals surface area contributed by atoms with E-state index in [1.165, 1.54) is 6.07 Å². The molecule has 6 heteroatoms. The standard InChI is InChI=1S/C15H18N2O3S/c18-7-3-8-21-9-6-16-15(20)12-10-14(19)17-13-5-2-1-4-11(12)13/h1-2,4-5,10,18H,3,6-9H2,(H,16,20)(H,17,19). The molecule has 0 saturated heterocycles. The molecule has 0 aliphatic carbocycles. The number of para-hydroxylation sites is 1. The van der Waals surface area contributed by atoms with Gasteiger partial charge in [0.1, 0.15) is 0 Å². The van der Waals surface area contributed by atoms with Gasteiger partial charge in [-0.1, -0.05) is 18.2 Å². The minimum Gasteiger partial charge on any atom is -0.396 e. The van der Waals surface area contributed by atoms with Gasteiger partial charge in [0.2, 0.25) is 5.56 Å². The smallest absolute Gasteiger partial charge is 0.252 e. The fourth-order valence-electron chi connectivity index (χ4n) is 1.99. The molecule has 112 valence electrons. The van der Waals surface area contributed by atoms with Crippen LogP contribution in [0.25, 0.3) is 10.9 Å². The fourth-order valence-corrected chi connectivity index (χ4v) is 2.78. The molecule has 1 heterocycles. The molecule has 0 aliphatic rings. The van der Waals surface area contributed by atoms with Crippen molar-refractivity contribution in [3.05, 3.63) is 46.2 Å². The summed E-state index contributed by atoms with van der Waals surface area (Å²) in [6.45, 7) is 0.730. The zero-order valence-electron chi connectivity index (χ0n) is 11.6. The number of carbonyl (C=O) groups is 1. The molecule has 0 saturated carbocycles. The van der Waals surface area contributed by atoms with E-state index in [1.54, 1.807) is 17.8 Å². The van der Waals surface area contributed by atoms with Crippen LogP contribution in [0, 0.1) is 0 Å². The largest absolute Gasteiger partial charge is 0.396 e. The van der Waals surface area contributed by atoms with E-state index < -0.39 is 0 Å². The van der Waals surface area contributed by atoms with E-state index in [9.17, 15) is 9.59 Å². The van der Waals surface area contributed by atoms with Gasteiger partial charge in [-0.05, 0) is 18.2 Å². The second-order valence-electron chi connectivity index (χ2n) is 4.54. The number of benzene rings is 1. The second kappa shape index (κ2) is 7.85. The highest BCUT2D eigenvalue weighted by atomic mass is 32.2. The molecule has 5 nitrogen and oxygen atoms in total. The van der Waals surface area contributed by atoms with Crippen molar-refractivity contribution < 1.29 is 9.90 Å². The summed E-state index contributed by atoms with van der Waals surface area (Å²) in [5, 5.41) is 12.2. The van der Waals surface area contributed by atoms with E-state index in [0.29, 0.717) is 17.6 Å². The molecule has 0 radical (unpaired) electrons. The summed E-state index contributed by atoms with van der Waals surface area (Å²) in [5.74, 6) is 1.42. The van der Waals surface area contributed by atoms with E-state index in [-0.39, 0.29) is 18.1 Å². The van der Waals surface area contributed by atoms with Crippen molar-refractivity contribution in [2.24, 2.45) is 0 Å². The first-order chi connectivity index (χ1) is 10.2. The Morgan fingerprint density at radius 1 is 1.29 bits per heavy atom. The van der Waals surface area contributed by atoms with E-state index in [4.69, 9.17) is 5.11 Å². The molecule has 0 bridgehead atoms. The topological polar surface area (TPSA) is 82.2 Å². The van der Waals surface area contributed by atoms with Crippen molar-refractivity contribution in [2.75, 3.05) is 24.7 Å². The zero-order chi connectivity index (χ0) is 15.1. The number of hydrogen-bond acceptors (Lipinski definition) is 4. The van der Waals surface area contributed by atoms with E-state index in [1.807, 2.05) is 18.2 Å². The number of aliphatic hydroxyl groups is 1. The average molecular weight is 306 g/mol. The number of aromatic amines is 1. The van der Waals surface area contributed by atoms with Gasteiger partial charge in [-0.2, -0.15) is 11.8 Å². The van der Waals surface area contributed by atoms with Gasteiger partial charge in [-0.15, -0.1) is 0 Å². The first-order valence-electron chi connectivity index (χ1n) is 6.81. The maximum absolute atomic E-state index is 12.2. The first-order valence-corrected chi connectivity index (χ1v) is 7.96. The number of amides is 1. The average Bonchev–Trinajstić information content (AvgIpc) is 2.49. The van der Waals surface area contributed by atoms with Crippen molar-refractivity contribution >= 4 is 28.6 Å². The predicted molar refractivity (Wildman–Crippen MR) is 85.9 cm³/mol. The molecule has 0 spiro atoms. The van der Waals surface area contributed by atoms with Gasteiger partial charge in [-0.3, -0.25) is 9.59 Å². The summed E-state index contributed by atoms with van der Waals surface area (Å²) < 4.78 is 0. The summed E-state index contributed by atoms with van der Waals surface area (Å²) >= 11 is 1.68. The summed E-state index contributed by atoms with van der Waals surface area (Å²) in [6, 6.07) is 8.57. The molecule has 21 heavy (non-hydrogen) atoms. The molecule has 3 N–H and O–H groups in total. The Morgan fingerprint density at radius 3 is 2.90 bits per heavy atom. The molecule has 1 aromatic carbocycles. The number of aromatic nitrogens is 1. The lowest BCUT2D eigenvalue weighted by Gasteiger charge is -2.07. The van der Waals surface area contributed by atoms with Crippen molar-refractivity contribution in [2.45, 2.75) is 6.42 Å². The summed E-state index contributed by atoms with van der Waals surface area (Å²) in [7, 11) is 0. The Kier molecular flexibility index (Phi) is 5.83. The molecular formula is C15H18N2O3S. The maximum atomic E-state index is 12.2. The number of fused-ring (bicyclic) bond motifs is 1. The van der Waals surface area contributed by atoms with Gasteiger partial charge in [-0.25, -0.2) is 0 Å². The van der Waals surface area contributed by atoms with Crippen LogP contribution in [0.1, 0.15) is 16.8 Å². The molecule has 1 aromatic heterocycles. The van der Waals surface area contributed by atoms with Gasteiger partial charge in [0.25, 0.3) is 5.91 Å². The van der Waals surface area contributed by atoms with Gasteiger partial charge in [0.15, 0.2) is 0 Å². The maximum Gasteiger partial charge on any atom is 0.252 e. The number of pyridine rings is 1. The van der Waals surface area contributed by atoms with Crippen LogP contribution in [-0.2, 0) is 0 Å². The lowest BCUT2D eigenvalue weighted by molar-refractivity contribution is 0.0957. The SMILES string of the molecule is O=C(NCCSCCCO)c1cc(=O)[nH]c2ccccc12. The number of aliphatic hydroxyl groups excluding tert-OH is 1. The van der Waals surface area contributed by atoms with Crippen LogP contribution in [0.5, 0.6) is 0 Å². The minimum absolute atomic E-state index is 0.193. The highest BCUT2D eigenvalue weighted by molar-refractivity contribution is 7.99. The Hall–Kier alpha value is -1.79. The Morgan fingerprint density at radius 2 is 2.10 bits per heavy atom. The van der Waals surface area contributed by atoms with Crippen LogP contribution >= 0.6 is 11.8 Å². The van der Waals surface area contributed by atoms with Crippen LogP contribution in [0.15, 0.2) is 35.1 Å². The fraction of sp³-hybridized carbons (Fsp3) is 0.333. The van der Waals surface area contributed by atoms with Crippen LogP contribution in [0.2, 0.25) is 0 Å². The van der Waals surface area contributed by atoms with Gasteiger partial charge in [0.05, 0.1) is 5.56 Å². The van der Waals surface area contributed by atoms with Crippen LogP contribution < -0.4 is 10.9 Å². The molecule has 0 atom stereocenters. The lowest BCUT2D eigenvalue weighted by Crippen LogP contribution is -2.27. The lowest BCUT2D eigenvalue weighted by atomic mass is 10.1. The molecule has 0 unspecified atom stereocenters. The summed E-state index contributed by atoms with van der Waals surface area (Å²) in [6.07, 6.45) is 0.761. The van der Waals surface area contributed by atoms with Gasteiger partial charge >= 0.3 is 0 Å². The third-order valence-corrected chi connectivity index (χ3v) is 4.04. The van der Waals surface area contributed by atoms with Crippen molar-refractivity contribution in [1.29, 1.82) is 0 Å². The number of thioether (sulfide) groups is 1. The van der Waals surface area contributed by atoms with Gasteiger partial charge in [0, 0.05) is 35.9 Å². The normalized spacial score (nSPS) is 10.7. The molecule has 1 amide bonds. The van der Waals surface area contributed by atoms with E-state index in [2.05, 4.69) is 10.3 Å². The molecule has 0 aliphatic heterocycles. The Balaban J connectivity index is 2.01. The molecule has 2 aromatic rings. The van der Waals surface area contributed by atoms with Crippen molar-refractivity contribution in [3.63, 3.8) is 0 Å². The monoisotopic (exact) mass is 306 g/mol. The third-order valence-electron chi connectivity index (χ3n) is 2.97. The third kappa shape index (κ3) is 4.34. The highest BCUT2D eigenvalue weighted by Gasteiger charge is 2.10. The van der Waals surface area contributed by atoms with Gasteiger partial charge < -0.3 is 15.4 Å². The van der Waals surface area contributed by atoms with E-state index >= 15 is 0 Å². The number of carbonyl (C=O) groups excluding carboxylic acids is 1. The first kappa shape index (κ1) is 15.6.